The highest BCUT2D eigenvalue weighted by molar-refractivity contribution is 6.09. The van der Waals surface area contributed by atoms with Gasteiger partial charge < -0.3 is 10.6 Å². The third-order valence-corrected chi connectivity index (χ3v) is 4.28. The summed E-state index contributed by atoms with van der Waals surface area (Å²) in [6, 6.07) is 12.9. The fourth-order valence-corrected chi connectivity index (χ4v) is 2.93. The van der Waals surface area contributed by atoms with E-state index in [-0.39, 0.29) is 12.5 Å². The van der Waals surface area contributed by atoms with E-state index in [9.17, 15) is 14.4 Å². The Balaban J connectivity index is 1.92. The number of benzene rings is 2. The van der Waals surface area contributed by atoms with E-state index < -0.39 is 17.5 Å². The van der Waals surface area contributed by atoms with E-state index in [1.54, 1.807) is 13.8 Å². The molecule has 0 aliphatic carbocycles. The summed E-state index contributed by atoms with van der Waals surface area (Å²) >= 11 is 0. The van der Waals surface area contributed by atoms with Gasteiger partial charge in [0.1, 0.15) is 12.1 Å². The molecule has 124 valence electrons. The lowest BCUT2D eigenvalue weighted by atomic mass is 9.90. The average Bonchev–Trinajstić information content (AvgIpc) is 2.79. The van der Waals surface area contributed by atoms with Gasteiger partial charge in [-0.3, -0.25) is 14.5 Å². The summed E-state index contributed by atoms with van der Waals surface area (Å²) in [6.07, 6.45) is 0. The minimum Gasteiger partial charge on any atom is -0.355 e. The standard InChI is InChI=1S/C18H19N3O3/c1-3-19-15(22)11-21-16(23)18(2,20-17(21)24)14-9-8-12-6-4-5-7-13(12)10-14/h4-10H,3,11H2,1-2H3,(H,19,22)(H,20,24)/t18-/m0/s1. The van der Waals surface area contributed by atoms with Crippen LogP contribution >= 0.6 is 0 Å². The van der Waals surface area contributed by atoms with Gasteiger partial charge in [0.05, 0.1) is 0 Å². The third-order valence-electron chi connectivity index (χ3n) is 4.28. The van der Waals surface area contributed by atoms with Gasteiger partial charge in [0.2, 0.25) is 5.91 Å². The molecular formula is C18H19N3O3. The van der Waals surface area contributed by atoms with Crippen LogP contribution in [0.2, 0.25) is 0 Å². The number of rotatable bonds is 4. The number of nitrogens with zero attached hydrogens (tertiary/aromatic N) is 1. The summed E-state index contributed by atoms with van der Waals surface area (Å²) in [5, 5.41) is 7.35. The van der Waals surface area contributed by atoms with E-state index in [0.29, 0.717) is 12.1 Å². The van der Waals surface area contributed by atoms with E-state index >= 15 is 0 Å². The smallest absolute Gasteiger partial charge is 0.325 e. The van der Waals surface area contributed by atoms with Crippen molar-refractivity contribution in [1.82, 2.24) is 15.5 Å². The zero-order valence-corrected chi connectivity index (χ0v) is 13.6. The second-order valence-corrected chi connectivity index (χ2v) is 5.96. The first-order valence-corrected chi connectivity index (χ1v) is 7.86. The highest BCUT2D eigenvalue weighted by atomic mass is 16.2. The molecule has 0 spiro atoms. The maximum Gasteiger partial charge on any atom is 0.325 e. The molecule has 2 N–H and O–H groups in total. The van der Waals surface area contributed by atoms with Gasteiger partial charge in [-0.2, -0.15) is 0 Å². The number of hydrogen-bond donors (Lipinski definition) is 2. The van der Waals surface area contributed by atoms with E-state index in [2.05, 4.69) is 10.6 Å². The summed E-state index contributed by atoms with van der Waals surface area (Å²) in [6.45, 7) is 3.62. The van der Waals surface area contributed by atoms with Crippen LogP contribution in [0.5, 0.6) is 0 Å². The van der Waals surface area contributed by atoms with Crippen LogP contribution in [0.3, 0.4) is 0 Å². The van der Waals surface area contributed by atoms with E-state index in [4.69, 9.17) is 0 Å². The molecule has 4 amide bonds. The Morgan fingerprint density at radius 3 is 2.58 bits per heavy atom. The predicted octanol–water partition coefficient (Wildman–Crippen LogP) is 1.74. The monoisotopic (exact) mass is 325 g/mol. The number of urea groups is 1. The lowest BCUT2D eigenvalue weighted by molar-refractivity contribution is -0.134. The highest BCUT2D eigenvalue weighted by Gasteiger charge is 2.49. The summed E-state index contributed by atoms with van der Waals surface area (Å²) in [4.78, 5) is 37.7. The van der Waals surface area contributed by atoms with Crippen LogP contribution in [0, 0.1) is 0 Å². The van der Waals surface area contributed by atoms with E-state index in [0.717, 1.165) is 15.7 Å². The molecular weight excluding hydrogens is 306 g/mol. The molecule has 0 saturated carbocycles. The first-order valence-electron chi connectivity index (χ1n) is 7.86. The van der Waals surface area contributed by atoms with Crippen LogP contribution in [0.1, 0.15) is 19.4 Å². The van der Waals surface area contributed by atoms with Crippen LogP contribution in [0.25, 0.3) is 10.8 Å². The quantitative estimate of drug-likeness (QED) is 0.841. The van der Waals surface area contributed by atoms with Gasteiger partial charge in [-0.1, -0.05) is 36.4 Å². The zero-order valence-electron chi connectivity index (χ0n) is 13.6. The van der Waals surface area contributed by atoms with Crippen LogP contribution in [0.15, 0.2) is 42.5 Å². The normalized spacial score (nSPS) is 20.3. The Bertz CT molecular complexity index is 833. The number of carbonyl (C=O) groups excluding carboxylic acids is 3. The molecule has 1 saturated heterocycles. The molecule has 0 bridgehead atoms. The fourth-order valence-electron chi connectivity index (χ4n) is 2.93. The molecule has 24 heavy (non-hydrogen) atoms. The number of nitrogens with one attached hydrogen (secondary N) is 2. The maximum absolute atomic E-state index is 12.8. The fraction of sp³-hybridized carbons (Fsp3) is 0.278. The molecule has 1 aliphatic heterocycles. The number of fused-ring (bicyclic) bond motifs is 1. The molecule has 6 nitrogen and oxygen atoms in total. The topological polar surface area (TPSA) is 78.5 Å². The van der Waals surface area contributed by atoms with Gasteiger partial charge in [0, 0.05) is 6.54 Å². The van der Waals surface area contributed by atoms with Gasteiger partial charge in [-0.15, -0.1) is 0 Å². The summed E-state index contributed by atoms with van der Waals surface area (Å²) in [5.74, 6) is -0.780. The third kappa shape index (κ3) is 2.60. The van der Waals surface area contributed by atoms with Crippen molar-refractivity contribution in [2.45, 2.75) is 19.4 Å². The summed E-state index contributed by atoms with van der Waals surface area (Å²) < 4.78 is 0. The Labute approximate surface area is 139 Å². The number of hydrogen-bond acceptors (Lipinski definition) is 3. The van der Waals surface area contributed by atoms with Crippen molar-refractivity contribution in [3.63, 3.8) is 0 Å². The Morgan fingerprint density at radius 2 is 1.88 bits per heavy atom. The molecule has 2 aromatic carbocycles. The zero-order chi connectivity index (χ0) is 17.3. The van der Waals surface area contributed by atoms with Crippen molar-refractivity contribution in [1.29, 1.82) is 0 Å². The lowest BCUT2D eigenvalue weighted by Gasteiger charge is -2.22. The first-order chi connectivity index (χ1) is 11.5. The van der Waals surface area contributed by atoms with E-state index in [1.807, 2.05) is 42.5 Å². The van der Waals surface area contributed by atoms with Crippen LogP contribution < -0.4 is 10.6 Å². The number of carbonyl (C=O) groups is 3. The van der Waals surface area contributed by atoms with Crippen LogP contribution in [0.4, 0.5) is 4.79 Å². The Kier molecular flexibility index (Phi) is 3.97. The van der Waals surface area contributed by atoms with Crippen LogP contribution in [-0.2, 0) is 15.1 Å². The Hall–Kier alpha value is -2.89. The van der Waals surface area contributed by atoms with E-state index in [1.165, 1.54) is 0 Å². The number of likely N-dealkylation sites (N-methyl/N-ethyl adjacent to an activating group) is 1. The summed E-state index contributed by atoms with van der Waals surface area (Å²) in [7, 11) is 0. The molecule has 1 aliphatic rings. The first kappa shape index (κ1) is 16.0. The minimum atomic E-state index is -1.17. The summed E-state index contributed by atoms with van der Waals surface area (Å²) in [5.41, 5.74) is -0.480. The Morgan fingerprint density at radius 1 is 1.17 bits per heavy atom. The average molecular weight is 325 g/mol. The van der Waals surface area contributed by atoms with Crippen molar-refractivity contribution < 1.29 is 14.4 Å². The van der Waals surface area contributed by atoms with Gasteiger partial charge in [-0.05, 0) is 36.2 Å². The van der Waals surface area contributed by atoms with Crippen molar-refractivity contribution in [2.24, 2.45) is 0 Å². The molecule has 6 heteroatoms. The molecule has 0 unspecified atom stereocenters. The van der Waals surface area contributed by atoms with Gasteiger partial charge in [0.15, 0.2) is 0 Å². The van der Waals surface area contributed by atoms with Gasteiger partial charge >= 0.3 is 6.03 Å². The SMILES string of the molecule is CCNC(=O)CN1C(=O)N[C@@](C)(c2ccc3ccccc3c2)C1=O. The molecule has 1 fully saturated rings. The highest BCUT2D eigenvalue weighted by Crippen LogP contribution is 2.30. The van der Waals surface area contributed by atoms with Crippen molar-refractivity contribution in [3.05, 3.63) is 48.0 Å². The molecule has 0 aromatic heterocycles. The molecule has 2 aromatic rings. The van der Waals surface area contributed by atoms with Crippen molar-refractivity contribution >= 4 is 28.6 Å². The van der Waals surface area contributed by atoms with Crippen LogP contribution in [-0.4, -0.2) is 35.8 Å². The number of amides is 4. The van der Waals surface area contributed by atoms with Crippen molar-refractivity contribution in [2.75, 3.05) is 13.1 Å². The lowest BCUT2D eigenvalue weighted by Crippen LogP contribution is -2.43. The van der Waals surface area contributed by atoms with Crippen molar-refractivity contribution in [3.8, 4) is 0 Å². The van der Waals surface area contributed by atoms with Gasteiger partial charge in [0.25, 0.3) is 5.91 Å². The van der Waals surface area contributed by atoms with Gasteiger partial charge in [-0.25, -0.2) is 4.79 Å². The molecule has 1 heterocycles. The second kappa shape index (κ2) is 5.96. The maximum atomic E-state index is 12.8. The number of imide groups is 1. The molecule has 1 atom stereocenters. The molecule has 0 radical (unpaired) electrons. The predicted molar refractivity (Wildman–Crippen MR) is 90.2 cm³/mol. The minimum absolute atomic E-state index is 0.276. The second-order valence-electron chi connectivity index (χ2n) is 5.96. The molecule has 3 rings (SSSR count). The largest absolute Gasteiger partial charge is 0.355 e.